The van der Waals surface area contributed by atoms with E-state index in [2.05, 4.69) is 15.9 Å². The summed E-state index contributed by atoms with van der Waals surface area (Å²) in [6, 6.07) is 13.6. The molecular weight excluding hydrogens is 320 g/mol. The van der Waals surface area contributed by atoms with Gasteiger partial charge in [0.25, 0.3) is 0 Å². The van der Waals surface area contributed by atoms with Gasteiger partial charge in [-0.2, -0.15) is 0 Å². The van der Waals surface area contributed by atoms with Gasteiger partial charge in [-0.25, -0.2) is 0 Å². The first-order chi connectivity index (χ1) is 9.78. The van der Waals surface area contributed by atoms with Crippen molar-refractivity contribution < 1.29 is 14.2 Å². The molecule has 3 nitrogen and oxygen atoms in total. The van der Waals surface area contributed by atoms with Crippen molar-refractivity contribution in [2.45, 2.75) is 11.9 Å². The molecule has 0 heterocycles. The predicted octanol–water partition coefficient (Wildman–Crippen LogP) is 4.18. The molecule has 2 aromatic carbocycles. The van der Waals surface area contributed by atoms with Gasteiger partial charge in [0.15, 0.2) is 0 Å². The third-order valence-corrected chi connectivity index (χ3v) is 3.60. The van der Waals surface area contributed by atoms with Crippen LogP contribution in [0.15, 0.2) is 42.5 Å². The number of rotatable bonds is 6. The smallest absolute Gasteiger partial charge is 0.127 e. The van der Waals surface area contributed by atoms with E-state index in [9.17, 15) is 0 Å². The van der Waals surface area contributed by atoms with Crippen molar-refractivity contribution in [1.82, 2.24) is 0 Å². The van der Waals surface area contributed by atoms with Gasteiger partial charge in [0.2, 0.25) is 0 Å². The normalized spacial score (nSPS) is 10.2. The van der Waals surface area contributed by atoms with Gasteiger partial charge in [-0.3, -0.25) is 0 Å². The van der Waals surface area contributed by atoms with E-state index >= 15 is 0 Å². The predicted molar refractivity (Wildman–Crippen MR) is 83.0 cm³/mol. The number of hydrogen-bond acceptors (Lipinski definition) is 3. The number of para-hydroxylation sites is 1. The summed E-state index contributed by atoms with van der Waals surface area (Å²) in [7, 11) is 3.31. The summed E-state index contributed by atoms with van der Waals surface area (Å²) in [6.45, 7) is 0.456. The topological polar surface area (TPSA) is 27.7 Å². The standard InChI is InChI=1S/C16H17BrO3/c1-18-14-8-7-12(10-17)16(9-14)20-11-13-5-3-4-6-15(13)19-2/h3-9H,10-11H2,1-2H3. The van der Waals surface area contributed by atoms with Crippen molar-refractivity contribution in [2.24, 2.45) is 0 Å². The van der Waals surface area contributed by atoms with E-state index in [1.54, 1.807) is 14.2 Å². The number of halogens is 1. The van der Waals surface area contributed by atoms with Crippen LogP contribution in [0.25, 0.3) is 0 Å². The Kier molecular flexibility index (Phi) is 5.30. The number of methoxy groups -OCH3 is 2. The molecule has 0 amide bonds. The Bertz CT molecular complexity index is 569. The number of alkyl halides is 1. The van der Waals surface area contributed by atoms with Crippen LogP contribution in [0.2, 0.25) is 0 Å². The summed E-state index contributed by atoms with van der Waals surface area (Å²) in [5, 5.41) is 0.734. The fourth-order valence-corrected chi connectivity index (χ4v) is 2.35. The molecular formula is C16H17BrO3. The van der Waals surface area contributed by atoms with Gasteiger partial charge in [-0.05, 0) is 12.1 Å². The molecule has 0 saturated heterocycles. The zero-order valence-corrected chi connectivity index (χ0v) is 13.1. The molecule has 0 aliphatic heterocycles. The van der Waals surface area contributed by atoms with Crippen LogP contribution in [0.4, 0.5) is 0 Å². The molecule has 0 N–H and O–H groups in total. The van der Waals surface area contributed by atoms with Gasteiger partial charge in [0.05, 0.1) is 14.2 Å². The van der Waals surface area contributed by atoms with E-state index in [-0.39, 0.29) is 0 Å². The number of ether oxygens (including phenoxy) is 3. The zero-order valence-electron chi connectivity index (χ0n) is 11.6. The van der Waals surface area contributed by atoms with Gasteiger partial charge in [0, 0.05) is 22.5 Å². The minimum Gasteiger partial charge on any atom is -0.497 e. The zero-order chi connectivity index (χ0) is 14.4. The highest BCUT2D eigenvalue weighted by Gasteiger charge is 2.07. The summed E-state index contributed by atoms with van der Waals surface area (Å²) in [5.74, 6) is 2.42. The van der Waals surface area contributed by atoms with E-state index in [4.69, 9.17) is 14.2 Å². The molecule has 2 aromatic rings. The molecule has 4 heteroatoms. The highest BCUT2D eigenvalue weighted by atomic mass is 79.9. The lowest BCUT2D eigenvalue weighted by Gasteiger charge is -2.13. The number of benzene rings is 2. The molecule has 2 rings (SSSR count). The minimum absolute atomic E-state index is 0.456. The molecule has 0 radical (unpaired) electrons. The fourth-order valence-electron chi connectivity index (χ4n) is 1.88. The fraction of sp³-hybridized carbons (Fsp3) is 0.250. The molecule has 0 fully saturated rings. The Hall–Kier alpha value is -1.68. The highest BCUT2D eigenvalue weighted by Crippen LogP contribution is 2.28. The van der Waals surface area contributed by atoms with Crippen LogP contribution in [0.1, 0.15) is 11.1 Å². The Morgan fingerprint density at radius 2 is 1.70 bits per heavy atom. The quantitative estimate of drug-likeness (QED) is 0.740. The lowest BCUT2D eigenvalue weighted by atomic mass is 10.2. The number of hydrogen-bond donors (Lipinski definition) is 0. The first-order valence-electron chi connectivity index (χ1n) is 6.26. The third-order valence-electron chi connectivity index (χ3n) is 2.99. The summed E-state index contributed by atoms with van der Waals surface area (Å²) in [5.41, 5.74) is 2.10. The largest absolute Gasteiger partial charge is 0.497 e. The van der Waals surface area contributed by atoms with Crippen LogP contribution in [-0.2, 0) is 11.9 Å². The molecule has 0 bridgehead atoms. The van der Waals surface area contributed by atoms with E-state index in [0.717, 1.165) is 33.7 Å². The average molecular weight is 337 g/mol. The van der Waals surface area contributed by atoms with Crippen LogP contribution >= 0.6 is 15.9 Å². The van der Waals surface area contributed by atoms with Gasteiger partial charge >= 0.3 is 0 Å². The molecule has 0 unspecified atom stereocenters. The molecule has 0 aliphatic carbocycles. The summed E-state index contributed by atoms with van der Waals surface area (Å²) < 4.78 is 16.5. The lowest BCUT2D eigenvalue weighted by Crippen LogP contribution is -2.00. The molecule has 0 spiro atoms. The second-order valence-corrected chi connectivity index (χ2v) is 4.77. The van der Waals surface area contributed by atoms with Crippen molar-refractivity contribution in [3.8, 4) is 17.2 Å². The van der Waals surface area contributed by atoms with Gasteiger partial charge in [-0.15, -0.1) is 0 Å². The van der Waals surface area contributed by atoms with Crippen LogP contribution in [-0.4, -0.2) is 14.2 Å². The minimum atomic E-state index is 0.456. The summed E-state index contributed by atoms with van der Waals surface area (Å²) in [4.78, 5) is 0. The molecule has 0 atom stereocenters. The Morgan fingerprint density at radius 1 is 0.900 bits per heavy atom. The second-order valence-electron chi connectivity index (χ2n) is 4.21. The van der Waals surface area contributed by atoms with Crippen molar-refractivity contribution >= 4 is 15.9 Å². The monoisotopic (exact) mass is 336 g/mol. The highest BCUT2D eigenvalue weighted by molar-refractivity contribution is 9.08. The Labute approximate surface area is 127 Å². The molecule has 0 saturated carbocycles. The third kappa shape index (κ3) is 3.45. The van der Waals surface area contributed by atoms with E-state index in [0.29, 0.717) is 6.61 Å². The lowest BCUT2D eigenvalue weighted by molar-refractivity contribution is 0.292. The van der Waals surface area contributed by atoms with Crippen LogP contribution in [0, 0.1) is 0 Å². The summed E-state index contributed by atoms with van der Waals surface area (Å²) in [6.07, 6.45) is 0. The molecule has 20 heavy (non-hydrogen) atoms. The van der Waals surface area contributed by atoms with E-state index in [1.807, 2.05) is 42.5 Å². The van der Waals surface area contributed by atoms with E-state index in [1.165, 1.54) is 0 Å². The maximum Gasteiger partial charge on any atom is 0.127 e. The van der Waals surface area contributed by atoms with Crippen molar-refractivity contribution in [2.75, 3.05) is 14.2 Å². The molecule has 106 valence electrons. The van der Waals surface area contributed by atoms with Gasteiger partial charge < -0.3 is 14.2 Å². The average Bonchev–Trinajstić information content (AvgIpc) is 2.52. The first kappa shape index (κ1) is 14.7. The SMILES string of the molecule is COc1ccc(CBr)c(OCc2ccccc2OC)c1. The second kappa shape index (κ2) is 7.20. The van der Waals surface area contributed by atoms with E-state index < -0.39 is 0 Å². The van der Waals surface area contributed by atoms with Crippen molar-refractivity contribution in [1.29, 1.82) is 0 Å². The van der Waals surface area contributed by atoms with Crippen LogP contribution in [0.3, 0.4) is 0 Å². The van der Waals surface area contributed by atoms with Crippen molar-refractivity contribution in [3.05, 3.63) is 53.6 Å². The Morgan fingerprint density at radius 3 is 2.40 bits per heavy atom. The van der Waals surface area contributed by atoms with Crippen LogP contribution in [0.5, 0.6) is 17.2 Å². The van der Waals surface area contributed by atoms with Crippen LogP contribution < -0.4 is 14.2 Å². The molecule has 0 aliphatic rings. The van der Waals surface area contributed by atoms with Crippen molar-refractivity contribution in [3.63, 3.8) is 0 Å². The summed E-state index contributed by atoms with van der Waals surface area (Å²) >= 11 is 3.46. The molecule has 0 aromatic heterocycles. The van der Waals surface area contributed by atoms with Gasteiger partial charge in [-0.1, -0.05) is 40.2 Å². The maximum atomic E-state index is 5.91. The van der Waals surface area contributed by atoms with Gasteiger partial charge in [0.1, 0.15) is 23.9 Å². The first-order valence-corrected chi connectivity index (χ1v) is 7.38. The Balaban J connectivity index is 2.17. The maximum absolute atomic E-state index is 5.91.